The molecule has 1 heterocycles. The summed E-state index contributed by atoms with van der Waals surface area (Å²) in [6.07, 6.45) is 3.41. The third-order valence-electron chi connectivity index (χ3n) is 2.32. The summed E-state index contributed by atoms with van der Waals surface area (Å²) >= 11 is 0. The maximum absolute atomic E-state index is 11.4. The number of amides is 1. The molecule has 0 aromatic carbocycles. The predicted molar refractivity (Wildman–Crippen MR) is 45.7 cm³/mol. The van der Waals surface area contributed by atoms with Crippen LogP contribution in [0.2, 0.25) is 0 Å². The van der Waals surface area contributed by atoms with Crippen molar-refractivity contribution in [2.24, 2.45) is 5.92 Å². The lowest BCUT2D eigenvalue weighted by atomic mass is 9.99. The highest BCUT2D eigenvalue weighted by Gasteiger charge is 2.23. The lowest BCUT2D eigenvalue weighted by Crippen LogP contribution is -2.40. The molecular weight excluding hydrogens is 154 g/mol. The Balaban J connectivity index is 2.40. The highest BCUT2D eigenvalue weighted by molar-refractivity contribution is 5.79. The minimum atomic E-state index is 0.158. The van der Waals surface area contributed by atoms with Crippen LogP contribution in [0.25, 0.3) is 0 Å². The first-order valence-electron chi connectivity index (χ1n) is 4.48. The molecule has 0 aliphatic carbocycles. The Morgan fingerprint density at radius 3 is 3.08 bits per heavy atom. The van der Waals surface area contributed by atoms with Crippen LogP contribution < -0.4 is 0 Å². The van der Waals surface area contributed by atoms with Crippen molar-refractivity contribution < 1.29 is 9.59 Å². The van der Waals surface area contributed by atoms with Gasteiger partial charge < -0.3 is 9.69 Å². The standard InChI is InChI=1S/C9H15NO2/c1-8-4-2-5-10(9(8)12)6-3-7-11/h7-8H,2-6H2,1H3. The molecule has 12 heavy (non-hydrogen) atoms. The van der Waals surface area contributed by atoms with Crippen molar-refractivity contribution in [2.75, 3.05) is 13.1 Å². The summed E-state index contributed by atoms with van der Waals surface area (Å²) in [6, 6.07) is 0. The molecule has 1 aliphatic rings. The Labute approximate surface area is 72.7 Å². The van der Waals surface area contributed by atoms with E-state index in [0.717, 1.165) is 25.7 Å². The van der Waals surface area contributed by atoms with Gasteiger partial charge in [-0.3, -0.25) is 4.79 Å². The number of rotatable bonds is 3. The molecule has 1 saturated heterocycles. The zero-order chi connectivity index (χ0) is 8.97. The SMILES string of the molecule is CC1CCCN(CCC=O)C1=O. The quantitative estimate of drug-likeness (QED) is 0.587. The largest absolute Gasteiger partial charge is 0.342 e. The van der Waals surface area contributed by atoms with Crippen molar-refractivity contribution in [3.63, 3.8) is 0 Å². The minimum absolute atomic E-state index is 0.158. The van der Waals surface area contributed by atoms with E-state index >= 15 is 0 Å². The molecule has 0 spiro atoms. The Hall–Kier alpha value is -0.860. The summed E-state index contributed by atoms with van der Waals surface area (Å²) in [6.45, 7) is 3.39. The molecule has 1 aliphatic heterocycles. The third kappa shape index (κ3) is 2.06. The third-order valence-corrected chi connectivity index (χ3v) is 2.32. The van der Waals surface area contributed by atoms with Crippen LogP contribution in [0, 0.1) is 5.92 Å². The van der Waals surface area contributed by atoms with E-state index in [-0.39, 0.29) is 11.8 Å². The molecule has 0 aromatic rings. The van der Waals surface area contributed by atoms with Gasteiger partial charge >= 0.3 is 0 Å². The first-order chi connectivity index (χ1) is 5.75. The zero-order valence-corrected chi connectivity index (χ0v) is 7.45. The fourth-order valence-electron chi connectivity index (χ4n) is 1.56. The molecule has 1 atom stereocenters. The fraction of sp³-hybridized carbons (Fsp3) is 0.778. The number of hydrogen-bond donors (Lipinski definition) is 0. The van der Waals surface area contributed by atoms with Crippen LogP contribution in [-0.2, 0) is 9.59 Å². The van der Waals surface area contributed by atoms with Crippen LogP contribution in [0.15, 0.2) is 0 Å². The lowest BCUT2D eigenvalue weighted by molar-refractivity contribution is -0.137. The number of hydrogen-bond acceptors (Lipinski definition) is 2. The van der Waals surface area contributed by atoms with Gasteiger partial charge in [0.25, 0.3) is 0 Å². The van der Waals surface area contributed by atoms with Gasteiger partial charge in [-0.25, -0.2) is 0 Å². The van der Waals surface area contributed by atoms with Gasteiger partial charge in [0.2, 0.25) is 5.91 Å². The number of nitrogens with zero attached hydrogens (tertiary/aromatic N) is 1. The van der Waals surface area contributed by atoms with Crippen molar-refractivity contribution in [3.05, 3.63) is 0 Å². The Kier molecular flexibility index (Phi) is 3.26. The maximum atomic E-state index is 11.4. The van der Waals surface area contributed by atoms with Crippen LogP contribution in [0.4, 0.5) is 0 Å². The highest BCUT2D eigenvalue weighted by Crippen LogP contribution is 2.16. The normalized spacial score (nSPS) is 24.2. The number of aldehydes is 1. The fourth-order valence-corrected chi connectivity index (χ4v) is 1.56. The van der Waals surface area contributed by atoms with Crippen LogP contribution in [0.3, 0.4) is 0 Å². The summed E-state index contributed by atoms with van der Waals surface area (Å²) in [7, 11) is 0. The number of piperidine rings is 1. The van der Waals surface area contributed by atoms with E-state index in [0.29, 0.717) is 13.0 Å². The Morgan fingerprint density at radius 2 is 2.42 bits per heavy atom. The first-order valence-corrected chi connectivity index (χ1v) is 4.48. The molecule has 1 fully saturated rings. The van der Waals surface area contributed by atoms with Crippen molar-refractivity contribution >= 4 is 12.2 Å². The van der Waals surface area contributed by atoms with Gasteiger partial charge in [0, 0.05) is 25.4 Å². The molecule has 0 aromatic heterocycles. The summed E-state index contributed by atoms with van der Waals surface area (Å²) < 4.78 is 0. The molecule has 0 saturated carbocycles. The van der Waals surface area contributed by atoms with E-state index in [1.165, 1.54) is 0 Å². The zero-order valence-electron chi connectivity index (χ0n) is 7.45. The molecule has 0 bridgehead atoms. The lowest BCUT2D eigenvalue weighted by Gasteiger charge is -2.29. The molecule has 1 amide bonds. The monoisotopic (exact) mass is 169 g/mol. The number of likely N-dealkylation sites (tertiary alicyclic amines) is 1. The van der Waals surface area contributed by atoms with E-state index < -0.39 is 0 Å². The van der Waals surface area contributed by atoms with Gasteiger partial charge in [0.05, 0.1) is 0 Å². The van der Waals surface area contributed by atoms with E-state index in [1.54, 1.807) is 4.90 Å². The molecule has 1 rings (SSSR count). The second-order valence-electron chi connectivity index (χ2n) is 3.32. The van der Waals surface area contributed by atoms with Gasteiger partial charge in [-0.2, -0.15) is 0 Å². The predicted octanol–water partition coefficient (Wildman–Crippen LogP) is 0.834. The average Bonchev–Trinajstić information content (AvgIpc) is 2.08. The van der Waals surface area contributed by atoms with Crippen molar-refractivity contribution in [2.45, 2.75) is 26.2 Å². The summed E-state index contributed by atoms with van der Waals surface area (Å²) in [5.41, 5.74) is 0. The van der Waals surface area contributed by atoms with Crippen LogP contribution in [0.5, 0.6) is 0 Å². The van der Waals surface area contributed by atoms with Crippen molar-refractivity contribution in [1.29, 1.82) is 0 Å². The van der Waals surface area contributed by atoms with E-state index in [9.17, 15) is 9.59 Å². The first kappa shape index (κ1) is 9.23. The molecule has 1 unspecified atom stereocenters. The van der Waals surface area contributed by atoms with E-state index in [2.05, 4.69) is 0 Å². The minimum Gasteiger partial charge on any atom is -0.342 e. The molecular formula is C9H15NO2. The Bertz CT molecular complexity index is 179. The Morgan fingerprint density at radius 1 is 1.67 bits per heavy atom. The average molecular weight is 169 g/mol. The van der Waals surface area contributed by atoms with Gasteiger partial charge in [0.15, 0.2) is 0 Å². The maximum Gasteiger partial charge on any atom is 0.225 e. The second-order valence-corrected chi connectivity index (χ2v) is 3.32. The van der Waals surface area contributed by atoms with Crippen LogP contribution in [-0.4, -0.2) is 30.2 Å². The number of carbonyl (C=O) groups excluding carboxylic acids is 2. The summed E-state index contributed by atoms with van der Waals surface area (Å²) in [5.74, 6) is 0.369. The highest BCUT2D eigenvalue weighted by atomic mass is 16.2. The summed E-state index contributed by atoms with van der Waals surface area (Å²) in [5, 5.41) is 0. The van der Waals surface area contributed by atoms with Gasteiger partial charge in [-0.05, 0) is 12.8 Å². The van der Waals surface area contributed by atoms with Crippen molar-refractivity contribution in [3.8, 4) is 0 Å². The topological polar surface area (TPSA) is 37.4 Å². The summed E-state index contributed by atoms with van der Waals surface area (Å²) in [4.78, 5) is 23.3. The van der Waals surface area contributed by atoms with Gasteiger partial charge in [-0.15, -0.1) is 0 Å². The van der Waals surface area contributed by atoms with E-state index in [1.807, 2.05) is 6.92 Å². The molecule has 3 nitrogen and oxygen atoms in total. The molecule has 0 radical (unpaired) electrons. The molecule has 3 heteroatoms. The van der Waals surface area contributed by atoms with Crippen LogP contribution >= 0.6 is 0 Å². The molecule has 68 valence electrons. The van der Waals surface area contributed by atoms with Gasteiger partial charge in [0.1, 0.15) is 6.29 Å². The number of carbonyl (C=O) groups is 2. The van der Waals surface area contributed by atoms with Gasteiger partial charge in [-0.1, -0.05) is 6.92 Å². The smallest absolute Gasteiger partial charge is 0.225 e. The second kappa shape index (κ2) is 4.24. The van der Waals surface area contributed by atoms with E-state index in [4.69, 9.17) is 0 Å². The van der Waals surface area contributed by atoms with Crippen LogP contribution in [0.1, 0.15) is 26.2 Å². The molecule has 0 N–H and O–H groups in total. The van der Waals surface area contributed by atoms with Crippen molar-refractivity contribution in [1.82, 2.24) is 4.90 Å².